The fraction of sp³-hybridized carbons (Fsp3) is 0.917. The van der Waals surface area contributed by atoms with Gasteiger partial charge in [0, 0.05) is 25.6 Å². The molecule has 0 bridgehead atoms. The second-order valence-electron chi connectivity index (χ2n) is 4.35. The molecule has 0 aliphatic rings. The molecule has 1 amide bonds. The summed E-state index contributed by atoms with van der Waals surface area (Å²) in [5.41, 5.74) is 0. The van der Waals surface area contributed by atoms with Gasteiger partial charge in [-0.15, -0.1) is 12.4 Å². The van der Waals surface area contributed by atoms with Gasteiger partial charge in [-0.3, -0.25) is 4.79 Å². The maximum Gasteiger partial charge on any atom is 0.226 e. The predicted octanol–water partition coefficient (Wildman–Crippen LogP) is 2.16. The molecule has 0 saturated heterocycles. The van der Waals surface area contributed by atoms with Crippen LogP contribution in [0.4, 0.5) is 0 Å². The van der Waals surface area contributed by atoms with E-state index in [1.807, 2.05) is 25.8 Å². The van der Waals surface area contributed by atoms with E-state index in [2.05, 4.69) is 19.2 Å². The van der Waals surface area contributed by atoms with Crippen LogP contribution >= 0.6 is 12.4 Å². The topological polar surface area (TPSA) is 32.3 Å². The highest BCUT2D eigenvalue weighted by Crippen LogP contribution is 2.08. The molecule has 0 aliphatic carbocycles. The van der Waals surface area contributed by atoms with Gasteiger partial charge in [0.2, 0.25) is 5.91 Å². The zero-order valence-corrected chi connectivity index (χ0v) is 12.1. The zero-order chi connectivity index (χ0) is 11.8. The van der Waals surface area contributed by atoms with Gasteiger partial charge in [-0.05, 0) is 19.9 Å². The highest BCUT2D eigenvalue weighted by Gasteiger charge is 2.19. The third-order valence-corrected chi connectivity index (χ3v) is 2.85. The quantitative estimate of drug-likeness (QED) is 0.751. The Morgan fingerprint density at radius 2 is 1.88 bits per heavy atom. The molecular formula is C12H27ClN2O. The van der Waals surface area contributed by atoms with Crippen molar-refractivity contribution in [2.75, 3.05) is 26.7 Å². The highest BCUT2D eigenvalue weighted by atomic mass is 35.5. The molecule has 0 fully saturated rings. The molecule has 0 saturated carbocycles. The van der Waals surface area contributed by atoms with Gasteiger partial charge in [0.05, 0.1) is 0 Å². The van der Waals surface area contributed by atoms with Gasteiger partial charge in [0.1, 0.15) is 0 Å². The minimum absolute atomic E-state index is 0. The number of carbonyl (C=O) groups is 1. The van der Waals surface area contributed by atoms with Gasteiger partial charge in [-0.1, -0.05) is 27.2 Å². The Balaban J connectivity index is 0. The predicted molar refractivity (Wildman–Crippen MR) is 72.0 cm³/mol. The smallest absolute Gasteiger partial charge is 0.226 e. The number of halogens is 1. The van der Waals surface area contributed by atoms with Gasteiger partial charge >= 0.3 is 0 Å². The Hall–Kier alpha value is -0.280. The first kappa shape index (κ1) is 18.1. The van der Waals surface area contributed by atoms with E-state index in [9.17, 15) is 4.79 Å². The first-order valence-corrected chi connectivity index (χ1v) is 6.00. The van der Waals surface area contributed by atoms with Crippen LogP contribution in [0.25, 0.3) is 0 Å². The van der Waals surface area contributed by atoms with E-state index in [0.29, 0.717) is 5.92 Å². The van der Waals surface area contributed by atoms with Crippen LogP contribution in [0.1, 0.15) is 34.1 Å². The van der Waals surface area contributed by atoms with E-state index in [1.165, 1.54) is 0 Å². The third-order valence-electron chi connectivity index (χ3n) is 2.85. The number of amides is 1. The second-order valence-corrected chi connectivity index (χ2v) is 4.35. The van der Waals surface area contributed by atoms with Crippen LogP contribution < -0.4 is 5.32 Å². The number of rotatable bonds is 7. The molecule has 2 unspecified atom stereocenters. The molecule has 0 aromatic carbocycles. The maximum absolute atomic E-state index is 12.0. The standard InChI is InChI=1S/C12H26N2O.ClH/c1-6-10(3)9-14(7-2)12(15)11(4)8-13-5;/h10-11,13H,6-9H2,1-5H3;1H. The first-order chi connectivity index (χ1) is 7.06. The molecule has 16 heavy (non-hydrogen) atoms. The number of nitrogens with one attached hydrogen (secondary N) is 1. The number of hydrogen-bond acceptors (Lipinski definition) is 2. The van der Waals surface area contributed by atoms with Gasteiger partial charge in [0.25, 0.3) is 0 Å². The first-order valence-electron chi connectivity index (χ1n) is 6.00. The largest absolute Gasteiger partial charge is 0.342 e. The molecule has 0 aromatic rings. The molecule has 0 radical (unpaired) electrons. The van der Waals surface area contributed by atoms with Crippen molar-refractivity contribution in [1.29, 1.82) is 0 Å². The Morgan fingerprint density at radius 1 is 1.31 bits per heavy atom. The van der Waals surface area contributed by atoms with Gasteiger partial charge in [-0.25, -0.2) is 0 Å². The van der Waals surface area contributed by atoms with Crippen molar-refractivity contribution >= 4 is 18.3 Å². The van der Waals surface area contributed by atoms with Crippen molar-refractivity contribution in [2.45, 2.75) is 34.1 Å². The van der Waals surface area contributed by atoms with Crippen molar-refractivity contribution in [3.8, 4) is 0 Å². The lowest BCUT2D eigenvalue weighted by atomic mass is 10.1. The van der Waals surface area contributed by atoms with Crippen LogP contribution in [0.5, 0.6) is 0 Å². The highest BCUT2D eigenvalue weighted by molar-refractivity contribution is 5.85. The van der Waals surface area contributed by atoms with Crippen molar-refractivity contribution in [1.82, 2.24) is 10.2 Å². The van der Waals surface area contributed by atoms with Gasteiger partial charge < -0.3 is 10.2 Å². The van der Waals surface area contributed by atoms with Crippen molar-refractivity contribution in [3.05, 3.63) is 0 Å². The lowest BCUT2D eigenvalue weighted by Crippen LogP contribution is -2.40. The number of nitrogens with zero attached hydrogens (tertiary/aromatic N) is 1. The summed E-state index contributed by atoms with van der Waals surface area (Å²) in [5.74, 6) is 0.946. The average molecular weight is 251 g/mol. The maximum atomic E-state index is 12.0. The zero-order valence-electron chi connectivity index (χ0n) is 11.2. The molecule has 2 atom stereocenters. The van der Waals surface area contributed by atoms with Gasteiger partial charge in [0.15, 0.2) is 0 Å². The molecule has 0 aromatic heterocycles. The van der Waals surface area contributed by atoms with Crippen molar-refractivity contribution in [3.63, 3.8) is 0 Å². The number of carbonyl (C=O) groups excluding carboxylic acids is 1. The second kappa shape index (κ2) is 9.91. The molecule has 0 spiro atoms. The van der Waals surface area contributed by atoms with E-state index in [-0.39, 0.29) is 24.2 Å². The van der Waals surface area contributed by atoms with Crippen molar-refractivity contribution in [2.24, 2.45) is 11.8 Å². The summed E-state index contributed by atoms with van der Waals surface area (Å²) < 4.78 is 0. The van der Waals surface area contributed by atoms with Gasteiger partial charge in [-0.2, -0.15) is 0 Å². The average Bonchev–Trinajstić information content (AvgIpc) is 2.24. The van der Waals surface area contributed by atoms with Crippen LogP contribution in [0.2, 0.25) is 0 Å². The van der Waals surface area contributed by atoms with E-state index in [1.54, 1.807) is 0 Å². The molecule has 98 valence electrons. The van der Waals surface area contributed by atoms with E-state index in [0.717, 1.165) is 26.1 Å². The molecule has 3 nitrogen and oxygen atoms in total. The molecule has 4 heteroatoms. The summed E-state index contributed by atoms with van der Waals surface area (Å²) in [6.07, 6.45) is 1.13. The van der Waals surface area contributed by atoms with E-state index >= 15 is 0 Å². The Labute approximate surface area is 106 Å². The normalized spacial score (nSPS) is 13.8. The fourth-order valence-electron chi connectivity index (χ4n) is 1.59. The Morgan fingerprint density at radius 3 is 2.25 bits per heavy atom. The third kappa shape index (κ3) is 6.33. The summed E-state index contributed by atoms with van der Waals surface area (Å²) in [4.78, 5) is 14.0. The molecule has 0 aliphatic heterocycles. The Bertz CT molecular complexity index is 188. The summed E-state index contributed by atoms with van der Waals surface area (Å²) in [6, 6.07) is 0. The summed E-state index contributed by atoms with van der Waals surface area (Å²) >= 11 is 0. The minimum atomic E-state index is 0. The van der Waals surface area contributed by atoms with Crippen molar-refractivity contribution < 1.29 is 4.79 Å². The lowest BCUT2D eigenvalue weighted by molar-refractivity contribution is -0.135. The molecule has 1 N–H and O–H groups in total. The summed E-state index contributed by atoms with van der Waals surface area (Å²) in [6.45, 7) is 10.9. The SMILES string of the molecule is CCC(C)CN(CC)C(=O)C(C)CNC.Cl. The van der Waals surface area contributed by atoms with E-state index in [4.69, 9.17) is 0 Å². The van der Waals surface area contributed by atoms with Crippen LogP contribution in [0.3, 0.4) is 0 Å². The Kier molecular flexibility index (Phi) is 11.2. The van der Waals surface area contributed by atoms with Crippen LogP contribution in [-0.2, 0) is 4.79 Å². The monoisotopic (exact) mass is 250 g/mol. The van der Waals surface area contributed by atoms with Crippen LogP contribution in [-0.4, -0.2) is 37.5 Å². The molecule has 0 rings (SSSR count). The fourth-order valence-corrected chi connectivity index (χ4v) is 1.59. The lowest BCUT2D eigenvalue weighted by Gasteiger charge is -2.26. The number of hydrogen-bond donors (Lipinski definition) is 1. The van der Waals surface area contributed by atoms with Crippen LogP contribution in [0.15, 0.2) is 0 Å². The molecule has 0 heterocycles. The van der Waals surface area contributed by atoms with E-state index < -0.39 is 0 Å². The molecular weight excluding hydrogens is 224 g/mol. The van der Waals surface area contributed by atoms with Crippen LogP contribution in [0, 0.1) is 11.8 Å². The minimum Gasteiger partial charge on any atom is -0.342 e. The summed E-state index contributed by atoms with van der Waals surface area (Å²) in [5, 5.41) is 3.05. The summed E-state index contributed by atoms with van der Waals surface area (Å²) in [7, 11) is 1.88.